The van der Waals surface area contributed by atoms with Crippen LogP contribution in [0.2, 0.25) is 0 Å². The Morgan fingerprint density at radius 1 is 0.795 bits per heavy atom. The predicted molar refractivity (Wildman–Crippen MR) is 181 cm³/mol. The van der Waals surface area contributed by atoms with E-state index in [2.05, 4.69) is 25.7 Å². The number of ketones is 1. The van der Waals surface area contributed by atoms with Gasteiger partial charge in [0.1, 0.15) is 5.75 Å². The van der Waals surface area contributed by atoms with Crippen LogP contribution in [-0.4, -0.2) is 49.3 Å². The molecule has 0 bridgehead atoms. The normalized spacial score (nSPS) is 11.8. The first kappa shape index (κ1) is 33.5. The zero-order valence-corrected chi connectivity index (χ0v) is 27.7. The Morgan fingerprint density at radius 3 is 2.07 bits per heavy atom. The van der Waals surface area contributed by atoms with Crippen molar-refractivity contribution in [3.05, 3.63) is 95.2 Å². The molecule has 6 nitrogen and oxygen atoms in total. The molecule has 3 aromatic carbocycles. The number of aryl methyl sites for hydroxylation is 2. The van der Waals surface area contributed by atoms with Crippen LogP contribution in [0.5, 0.6) is 5.75 Å². The highest BCUT2D eigenvalue weighted by molar-refractivity contribution is 7.90. The third-order valence-corrected chi connectivity index (χ3v) is 9.90. The highest BCUT2D eigenvalue weighted by Crippen LogP contribution is 2.31. The van der Waals surface area contributed by atoms with Gasteiger partial charge in [-0.1, -0.05) is 69.9 Å². The van der Waals surface area contributed by atoms with Gasteiger partial charge in [-0.05, 0) is 101 Å². The SMILES string of the molecule is CCCCc1cc2c(C(=O)c3ccc(OCCCN(CCCC)CCCC)cc3)cccc2n1S(=O)(=O)c1ccc(C)cc1. The molecule has 0 saturated heterocycles. The fraction of sp³-hybridized carbons (Fsp3) is 0.432. The van der Waals surface area contributed by atoms with Gasteiger partial charge >= 0.3 is 0 Å². The number of hydrogen-bond donors (Lipinski definition) is 0. The lowest BCUT2D eigenvalue weighted by atomic mass is 10.00. The van der Waals surface area contributed by atoms with E-state index in [0.29, 0.717) is 40.8 Å². The first-order chi connectivity index (χ1) is 21.3. The van der Waals surface area contributed by atoms with Crippen molar-refractivity contribution in [3.8, 4) is 5.75 Å². The molecule has 4 rings (SSSR count). The van der Waals surface area contributed by atoms with Crippen molar-refractivity contribution in [2.75, 3.05) is 26.2 Å². The Labute approximate surface area is 264 Å². The molecule has 236 valence electrons. The van der Waals surface area contributed by atoms with Crippen molar-refractivity contribution < 1.29 is 17.9 Å². The summed E-state index contributed by atoms with van der Waals surface area (Å²) in [6.07, 6.45) is 8.20. The molecule has 0 atom stereocenters. The van der Waals surface area contributed by atoms with Crippen molar-refractivity contribution in [3.63, 3.8) is 0 Å². The molecule has 0 aliphatic heterocycles. The van der Waals surface area contributed by atoms with E-state index in [1.807, 2.05) is 37.3 Å². The van der Waals surface area contributed by atoms with E-state index in [9.17, 15) is 13.2 Å². The quantitative estimate of drug-likeness (QED) is 0.0829. The standard InChI is InChI=1S/C37H48N2O4S/c1-5-8-13-31-28-35-34(14-11-15-36(35)39(31)44(41,42)33-22-16-29(4)17-23-33)37(40)30-18-20-32(21-19-30)43-27-12-26-38(24-9-6-2)25-10-7-3/h11,14-23,28H,5-10,12-13,24-27H2,1-4H3. The van der Waals surface area contributed by atoms with Crippen molar-refractivity contribution in [1.82, 2.24) is 8.87 Å². The maximum atomic E-state index is 13.9. The van der Waals surface area contributed by atoms with E-state index in [1.165, 1.54) is 29.7 Å². The van der Waals surface area contributed by atoms with Gasteiger partial charge in [0, 0.05) is 28.8 Å². The molecule has 1 aromatic heterocycles. The van der Waals surface area contributed by atoms with Gasteiger partial charge in [0.15, 0.2) is 5.78 Å². The number of rotatable bonds is 18. The average Bonchev–Trinajstić information content (AvgIpc) is 3.42. The average molecular weight is 617 g/mol. The third kappa shape index (κ3) is 8.19. The van der Waals surface area contributed by atoms with Gasteiger partial charge in [0.25, 0.3) is 10.0 Å². The Hall–Kier alpha value is -3.42. The van der Waals surface area contributed by atoms with Crippen LogP contribution in [0.1, 0.15) is 92.9 Å². The summed E-state index contributed by atoms with van der Waals surface area (Å²) >= 11 is 0. The molecule has 1 heterocycles. The second kappa shape index (κ2) is 16.1. The molecule has 0 unspecified atom stereocenters. The van der Waals surface area contributed by atoms with Crippen LogP contribution in [0.3, 0.4) is 0 Å². The lowest BCUT2D eigenvalue weighted by Gasteiger charge is -2.21. The molecular weight excluding hydrogens is 568 g/mol. The second-order valence-electron chi connectivity index (χ2n) is 11.7. The summed E-state index contributed by atoms with van der Waals surface area (Å²) in [5.41, 5.74) is 3.24. The molecule has 0 aliphatic carbocycles. The topological polar surface area (TPSA) is 68.6 Å². The van der Waals surface area contributed by atoms with Crippen LogP contribution in [0.15, 0.2) is 77.7 Å². The number of ether oxygens (including phenoxy) is 1. The summed E-state index contributed by atoms with van der Waals surface area (Å²) in [6, 6.07) is 21.4. The molecule has 44 heavy (non-hydrogen) atoms. The smallest absolute Gasteiger partial charge is 0.268 e. The molecule has 0 radical (unpaired) electrons. The Bertz CT molecular complexity index is 1600. The molecule has 0 aliphatic rings. The van der Waals surface area contributed by atoms with Crippen LogP contribution in [0.4, 0.5) is 0 Å². The van der Waals surface area contributed by atoms with E-state index in [0.717, 1.165) is 50.2 Å². The molecule has 0 fully saturated rings. The van der Waals surface area contributed by atoms with Gasteiger partial charge in [0.05, 0.1) is 17.0 Å². The Balaban J connectivity index is 1.53. The van der Waals surface area contributed by atoms with Gasteiger partial charge in [-0.3, -0.25) is 4.79 Å². The van der Waals surface area contributed by atoms with Crippen LogP contribution in [0.25, 0.3) is 10.9 Å². The van der Waals surface area contributed by atoms with Crippen molar-refractivity contribution in [2.24, 2.45) is 0 Å². The molecule has 4 aromatic rings. The van der Waals surface area contributed by atoms with E-state index in [-0.39, 0.29) is 10.7 Å². The minimum absolute atomic E-state index is 0.142. The third-order valence-electron chi connectivity index (χ3n) is 8.12. The van der Waals surface area contributed by atoms with Crippen LogP contribution in [-0.2, 0) is 16.4 Å². The Kier molecular flexibility index (Phi) is 12.2. The fourth-order valence-corrected chi connectivity index (χ4v) is 7.09. The fourth-order valence-electron chi connectivity index (χ4n) is 5.53. The summed E-state index contributed by atoms with van der Waals surface area (Å²) < 4.78 is 35.2. The van der Waals surface area contributed by atoms with Gasteiger partial charge in [-0.15, -0.1) is 0 Å². The number of aromatic nitrogens is 1. The zero-order chi connectivity index (χ0) is 31.5. The van der Waals surface area contributed by atoms with E-state index < -0.39 is 10.0 Å². The summed E-state index contributed by atoms with van der Waals surface area (Å²) in [7, 11) is -3.85. The number of hydrogen-bond acceptors (Lipinski definition) is 5. The van der Waals surface area contributed by atoms with Gasteiger partial charge in [-0.25, -0.2) is 12.4 Å². The molecule has 0 N–H and O–H groups in total. The Morgan fingerprint density at radius 2 is 1.43 bits per heavy atom. The number of fused-ring (bicyclic) bond motifs is 1. The van der Waals surface area contributed by atoms with Crippen molar-refractivity contribution in [1.29, 1.82) is 0 Å². The summed E-state index contributed by atoms with van der Waals surface area (Å²) in [4.78, 5) is 16.5. The van der Waals surface area contributed by atoms with Crippen molar-refractivity contribution in [2.45, 2.75) is 84.0 Å². The highest BCUT2D eigenvalue weighted by Gasteiger charge is 2.25. The molecule has 0 spiro atoms. The zero-order valence-electron chi connectivity index (χ0n) is 26.8. The molecule has 0 amide bonds. The van der Waals surface area contributed by atoms with E-state index >= 15 is 0 Å². The van der Waals surface area contributed by atoms with Crippen molar-refractivity contribution >= 4 is 26.7 Å². The van der Waals surface area contributed by atoms with Crippen LogP contribution >= 0.6 is 0 Å². The number of benzene rings is 3. The minimum Gasteiger partial charge on any atom is -0.494 e. The predicted octanol–water partition coefficient (Wildman–Crippen LogP) is 8.43. The summed E-state index contributed by atoms with van der Waals surface area (Å²) in [6.45, 7) is 12.4. The van der Waals surface area contributed by atoms with E-state index in [1.54, 1.807) is 42.5 Å². The maximum Gasteiger partial charge on any atom is 0.268 e. The first-order valence-corrected chi connectivity index (χ1v) is 17.7. The van der Waals surface area contributed by atoms with Gasteiger partial charge in [0.2, 0.25) is 0 Å². The molecule has 0 saturated carbocycles. The number of carbonyl (C=O) groups excluding carboxylic acids is 1. The summed E-state index contributed by atoms with van der Waals surface area (Å²) in [5.74, 6) is 0.599. The number of carbonyl (C=O) groups is 1. The van der Waals surface area contributed by atoms with Gasteiger partial charge in [-0.2, -0.15) is 0 Å². The monoisotopic (exact) mass is 616 g/mol. The lowest BCUT2D eigenvalue weighted by Crippen LogP contribution is -2.28. The number of unbranched alkanes of at least 4 members (excludes halogenated alkanes) is 3. The lowest BCUT2D eigenvalue weighted by molar-refractivity contribution is 0.104. The maximum absolute atomic E-state index is 13.9. The number of nitrogens with zero attached hydrogens (tertiary/aromatic N) is 2. The highest BCUT2D eigenvalue weighted by atomic mass is 32.2. The first-order valence-electron chi connectivity index (χ1n) is 16.3. The minimum atomic E-state index is -3.85. The van der Waals surface area contributed by atoms with Crippen LogP contribution in [0, 0.1) is 6.92 Å². The van der Waals surface area contributed by atoms with E-state index in [4.69, 9.17) is 4.74 Å². The second-order valence-corrected chi connectivity index (χ2v) is 13.5. The molecule has 7 heteroatoms. The van der Waals surface area contributed by atoms with Gasteiger partial charge < -0.3 is 9.64 Å². The summed E-state index contributed by atoms with van der Waals surface area (Å²) in [5, 5.41) is 0.648. The van der Waals surface area contributed by atoms with Crippen LogP contribution < -0.4 is 4.74 Å². The molecular formula is C37H48N2O4S. The largest absolute Gasteiger partial charge is 0.494 e.